The largest absolute Gasteiger partial charge is 0.205 e. The Morgan fingerprint density at radius 2 is 1.09 bits per heavy atom. The van der Waals surface area contributed by atoms with E-state index in [9.17, 15) is 0 Å². The molecule has 0 aliphatic carbocycles. The van der Waals surface area contributed by atoms with Crippen molar-refractivity contribution in [3.05, 3.63) is 29.6 Å². The Hall–Kier alpha value is -0.850. The first-order valence-corrected chi connectivity index (χ1v) is 10.3. The van der Waals surface area contributed by atoms with Gasteiger partial charge in [0.05, 0.1) is 0 Å². The number of hydrogen-bond donors (Lipinski definition) is 0. The highest BCUT2D eigenvalue weighted by atomic mass is 14.9. The normalized spacial score (nSPS) is 11.1. The lowest BCUT2D eigenvalue weighted by atomic mass is 10.1. The van der Waals surface area contributed by atoms with Crippen molar-refractivity contribution in [2.24, 2.45) is 0 Å². The van der Waals surface area contributed by atoms with E-state index >= 15 is 0 Å². The zero-order chi connectivity index (χ0) is 16.8. The summed E-state index contributed by atoms with van der Waals surface area (Å²) in [5, 5.41) is 0. The van der Waals surface area contributed by atoms with Gasteiger partial charge in [0, 0.05) is 17.5 Å². The lowest BCUT2D eigenvalue weighted by molar-refractivity contribution is -0.698. The molecule has 1 rings (SSSR count). The summed E-state index contributed by atoms with van der Waals surface area (Å²) in [7, 11) is 0. The molecule has 132 valence electrons. The number of aromatic nitrogens is 1. The number of nitrogens with zero attached hydrogens (tertiary/aromatic N) is 1. The quantitative estimate of drug-likeness (QED) is 0.275. The van der Waals surface area contributed by atoms with Gasteiger partial charge in [-0.25, -0.2) is 4.57 Å². The first kappa shape index (κ1) is 20.2. The van der Waals surface area contributed by atoms with Gasteiger partial charge in [-0.2, -0.15) is 0 Å². The van der Waals surface area contributed by atoms with Gasteiger partial charge in [0.1, 0.15) is 6.54 Å². The number of pyridine rings is 1. The molecule has 1 aromatic heterocycles. The Morgan fingerprint density at radius 3 is 1.57 bits per heavy atom. The molecular formula is C22H40N+. The molecule has 0 spiro atoms. The minimum atomic E-state index is 1.20. The average Bonchev–Trinajstić information content (AvgIpc) is 2.54. The third-order valence-corrected chi connectivity index (χ3v) is 4.63. The standard InChI is InChI=1S/C22H40N/c1-4-7-8-9-10-11-12-13-14-17-23-19-21(15-5-2)18-22(20-23)16-6-3/h18-20H,4-17H2,1-3H3/q+1. The topological polar surface area (TPSA) is 3.88 Å². The Labute approximate surface area is 145 Å². The molecule has 0 aliphatic rings. The molecule has 23 heavy (non-hydrogen) atoms. The second-order valence-corrected chi connectivity index (χ2v) is 7.12. The summed E-state index contributed by atoms with van der Waals surface area (Å²) in [4.78, 5) is 0. The van der Waals surface area contributed by atoms with Gasteiger partial charge in [-0.15, -0.1) is 0 Å². The Morgan fingerprint density at radius 1 is 0.609 bits per heavy atom. The molecule has 0 saturated carbocycles. The van der Waals surface area contributed by atoms with Crippen LogP contribution in [0.15, 0.2) is 18.5 Å². The van der Waals surface area contributed by atoms with Gasteiger partial charge in [0.2, 0.25) is 0 Å². The first-order valence-electron chi connectivity index (χ1n) is 10.3. The zero-order valence-electron chi connectivity index (χ0n) is 16.1. The smallest absolute Gasteiger partial charge is 0.171 e. The molecule has 1 aromatic rings. The monoisotopic (exact) mass is 318 g/mol. The van der Waals surface area contributed by atoms with Crippen molar-refractivity contribution in [2.75, 3.05) is 0 Å². The fraction of sp³-hybridized carbons (Fsp3) is 0.773. The molecule has 0 bridgehead atoms. The van der Waals surface area contributed by atoms with Crippen LogP contribution in [-0.4, -0.2) is 0 Å². The maximum absolute atomic E-state index is 2.46. The fourth-order valence-electron chi connectivity index (χ4n) is 3.36. The minimum absolute atomic E-state index is 1.20. The lowest BCUT2D eigenvalue weighted by Gasteiger charge is -2.05. The van der Waals surface area contributed by atoms with Crippen molar-refractivity contribution >= 4 is 0 Å². The van der Waals surface area contributed by atoms with Crippen molar-refractivity contribution in [3.63, 3.8) is 0 Å². The number of unbranched alkanes of at least 4 members (excludes halogenated alkanes) is 8. The van der Waals surface area contributed by atoms with Crippen LogP contribution in [0.1, 0.15) is 103 Å². The molecule has 0 aromatic carbocycles. The summed E-state index contributed by atoms with van der Waals surface area (Å²) in [5.41, 5.74) is 3.05. The van der Waals surface area contributed by atoms with Crippen LogP contribution in [0.2, 0.25) is 0 Å². The molecule has 1 nitrogen and oxygen atoms in total. The van der Waals surface area contributed by atoms with Crippen molar-refractivity contribution in [3.8, 4) is 0 Å². The number of aryl methyl sites for hydroxylation is 3. The van der Waals surface area contributed by atoms with Gasteiger partial charge in [-0.3, -0.25) is 0 Å². The molecule has 0 unspecified atom stereocenters. The molecule has 0 atom stereocenters. The van der Waals surface area contributed by atoms with Gasteiger partial charge in [0.25, 0.3) is 0 Å². The predicted octanol–water partition coefficient (Wildman–Crippen LogP) is 6.41. The summed E-state index contributed by atoms with van der Waals surface area (Å²) in [5.74, 6) is 0. The van der Waals surface area contributed by atoms with E-state index in [4.69, 9.17) is 0 Å². The minimum Gasteiger partial charge on any atom is -0.205 e. The van der Waals surface area contributed by atoms with Gasteiger partial charge in [-0.1, -0.05) is 78.6 Å². The molecule has 1 heteroatoms. The molecular weight excluding hydrogens is 278 g/mol. The van der Waals surface area contributed by atoms with Gasteiger partial charge in [-0.05, 0) is 25.3 Å². The molecule has 0 N–H and O–H groups in total. The summed E-state index contributed by atoms with van der Waals surface area (Å²) >= 11 is 0. The van der Waals surface area contributed by atoms with Crippen molar-refractivity contribution in [2.45, 2.75) is 111 Å². The highest BCUT2D eigenvalue weighted by Gasteiger charge is 2.07. The number of hydrogen-bond acceptors (Lipinski definition) is 0. The van der Waals surface area contributed by atoms with Gasteiger partial charge in [0.15, 0.2) is 12.4 Å². The van der Waals surface area contributed by atoms with Crippen molar-refractivity contribution in [1.29, 1.82) is 0 Å². The summed E-state index contributed by atoms with van der Waals surface area (Å²) < 4.78 is 2.46. The Bertz CT molecular complexity index is 373. The molecule has 0 aliphatic heterocycles. The summed E-state index contributed by atoms with van der Waals surface area (Å²) in [6, 6.07) is 2.42. The van der Waals surface area contributed by atoms with E-state index in [2.05, 4.69) is 43.8 Å². The van der Waals surface area contributed by atoms with E-state index in [0.29, 0.717) is 0 Å². The fourth-order valence-corrected chi connectivity index (χ4v) is 3.36. The molecule has 1 heterocycles. The third-order valence-electron chi connectivity index (χ3n) is 4.63. The van der Waals surface area contributed by atoms with Crippen LogP contribution in [0.25, 0.3) is 0 Å². The van der Waals surface area contributed by atoms with Crippen molar-refractivity contribution in [1.82, 2.24) is 0 Å². The Balaban J connectivity index is 2.25. The maximum Gasteiger partial charge on any atom is 0.171 e. The van der Waals surface area contributed by atoms with E-state index in [-0.39, 0.29) is 0 Å². The van der Waals surface area contributed by atoms with Crippen LogP contribution in [0, 0.1) is 0 Å². The van der Waals surface area contributed by atoms with E-state index in [1.54, 1.807) is 0 Å². The Kier molecular flexibility index (Phi) is 11.9. The van der Waals surface area contributed by atoms with Crippen LogP contribution in [0.4, 0.5) is 0 Å². The average molecular weight is 319 g/mol. The van der Waals surface area contributed by atoms with E-state index < -0.39 is 0 Å². The highest BCUT2D eigenvalue weighted by Crippen LogP contribution is 2.10. The van der Waals surface area contributed by atoms with Crippen LogP contribution >= 0.6 is 0 Å². The maximum atomic E-state index is 2.46. The molecule has 0 radical (unpaired) electrons. The predicted molar refractivity (Wildman–Crippen MR) is 102 cm³/mol. The van der Waals surface area contributed by atoms with Crippen LogP contribution in [0.3, 0.4) is 0 Å². The highest BCUT2D eigenvalue weighted by molar-refractivity contribution is 5.15. The second-order valence-electron chi connectivity index (χ2n) is 7.12. The first-order chi connectivity index (χ1) is 11.3. The molecule has 0 amide bonds. The number of rotatable bonds is 14. The van der Waals surface area contributed by atoms with Gasteiger partial charge >= 0.3 is 0 Å². The third kappa shape index (κ3) is 9.79. The summed E-state index contributed by atoms with van der Waals surface area (Å²) in [6.45, 7) is 8.04. The molecule has 0 fully saturated rings. The lowest BCUT2D eigenvalue weighted by Crippen LogP contribution is -2.34. The zero-order valence-corrected chi connectivity index (χ0v) is 16.1. The second kappa shape index (κ2) is 13.6. The van der Waals surface area contributed by atoms with Gasteiger partial charge < -0.3 is 0 Å². The molecule has 0 saturated heterocycles. The summed E-state index contributed by atoms with van der Waals surface area (Å²) in [6.07, 6.45) is 22.4. The van der Waals surface area contributed by atoms with E-state index in [0.717, 1.165) is 0 Å². The van der Waals surface area contributed by atoms with Crippen LogP contribution in [-0.2, 0) is 19.4 Å². The van der Waals surface area contributed by atoms with E-state index in [1.165, 1.54) is 101 Å². The van der Waals surface area contributed by atoms with E-state index in [1.807, 2.05) is 0 Å². The SMILES string of the molecule is CCCCCCCCCCC[n+]1cc(CCC)cc(CCC)c1. The van der Waals surface area contributed by atoms with Crippen LogP contribution in [0.5, 0.6) is 0 Å². The van der Waals surface area contributed by atoms with Crippen molar-refractivity contribution < 1.29 is 4.57 Å². The van der Waals surface area contributed by atoms with Crippen LogP contribution < -0.4 is 4.57 Å².